The van der Waals surface area contributed by atoms with Crippen LogP contribution in [0.5, 0.6) is 0 Å². The van der Waals surface area contributed by atoms with Gasteiger partial charge in [0.05, 0.1) is 11.5 Å². The van der Waals surface area contributed by atoms with Crippen molar-refractivity contribution in [2.24, 2.45) is 40.9 Å². The Balaban J connectivity index is 1.31. The summed E-state index contributed by atoms with van der Waals surface area (Å²) >= 11 is 0. The highest BCUT2D eigenvalue weighted by atomic mass is 15.6. The molecule has 5 aliphatic rings. The van der Waals surface area contributed by atoms with Crippen LogP contribution in [0.4, 0.5) is 0 Å². The molecule has 7 unspecified atom stereocenters. The van der Waals surface area contributed by atoms with Crippen LogP contribution in [-0.2, 0) is 0 Å². The van der Waals surface area contributed by atoms with E-state index in [1.807, 2.05) is 0 Å². The van der Waals surface area contributed by atoms with Gasteiger partial charge in [-0.1, -0.05) is 6.92 Å². The first-order chi connectivity index (χ1) is 15.5. The largest absolute Gasteiger partial charge is 0.316 e. The molecule has 0 radical (unpaired) electrons. The molecule has 5 fully saturated rings. The molecular weight excluding hydrogens is 394 g/mol. The van der Waals surface area contributed by atoms with Crippen molar-refractivity contribution >= 4 is 0 Å². The Morgan fingerprint density at radius 1 is 0.969 bits per heavy atom. The van der Waals surface area contributed by atoms with Crippen molar-refractivity contribution in [3.63, 3.8) is 0 Å². The molecule has 2 aliphatic carbocycles. The summed E-state index contributed by atoms with van der Waals surface area (Å²) in [5.41, 5.74) is 3.89. The molecule has 0 spiro atoms. The van der Waals surface area contributed by atoms with E-state index in [0.717, 1.165) is 48.7 Å². The van der Waals surface area contributed by atoms with Crippen LogP contribution in [0.2, 0.25) is 0 Å². The number of nitrogens with zero attached hydrogens (tertiary/aromatic N) is 2. The van der Waals surface area contributed by atoms with Gasteiger partial charge in [0.2, 0.25) is 0 Å². The van der Waals surface area contributed by atoms with E-state index in [9.17, 15) is 5.26 Å². The molecule has 0 bridgehead atoms. The smallest absolute Gasteiger partial charge is 0.0686 e. The Hall–Kier alpha value is -0.670. The third-order valence-corrected chi connectivity index (χ3v) is 10.5. The highest BCUT2D eigenvalue weighted by Gasteiger charge is 2.54. The van der Waals surface area contributed by atoms with Crippen molar-refractivity contribution in [1.82, 2.24) is 21.1 Å². The number of hydrogen-bond acceptors (Lipinski definition) is 5. The standard InChI is InChI=1S/C27H47N5/c1-4-32-24-16-30-23-12-9-19(20-6-5-13-29-15-20)14-22(23)25(24)26(31-32)18-7-10-21(11-8-18)27(2,3)17-28/h18-26,29-31H,4-16H2,1-3H3. The number of piperidine rings is 2. The number of likely N-dealkylation sites (N-methyl/N-ethyl adjacent to an activating group) is 1. The predicted octanol–water partition coefficient (Wildman–Crippen LogP) is 3.92. The molecule has 7 atom stereocenters. The fourth-order valence-electron chi connectivity index (χ4n) is 8.55. The van der Waals surface area contributed by atoms with Crippen LogP contribution in [0, 0.1) is 52.3 Å². The van der Waals surface area contributed by atoms with E-state index in [1.54, 1.807) is 0 Å². The van der Waals surface area contributed by atoms with E-state index in [1.165, 1.54) is 70.9 Å². The SMILES string of the molecule is CCN1NC(C2CCC(C(C)(C)C#N)CC2)C2C3CC(C4CCCNC4)CCC3NCC21. The molecule has 2 saturated carbocycles. The van der Waals surface area contributed by atoms with Gasteiger partial charge in [-0.05, 0) is 120 Å². The van der Waals surface area contributed by atoms with E-state index in [-0.39, 0.29) is 5.41 Å². The lowest BCUT2D eigenvalue weighted by molar-refractivity contribution is 0.0362. The first-order valence-corrected chi connectivity index (χ1v) is 13.9. The normalized spacial score (nSPS) is 45.6. The molecule has 3 heterocycles. The van der Waals surface area contributed by atoms with Gasteiger partial charge in [-0.3, -0.25) is 5.43 Å². The highest BCUT2D eigenvalue weighted by Crippen LogP contribution is 2.49. The van der Waals surface area contributed by atoms with Crippen LogP contribution in [0.15, 0.2) is 0 Å². The zero-order chi connectivity index (χ0) is 22.3. The van der Waals surface area contributed by atoms with Crippen molar-refractivity contribution in [3.8, 4) is 6.07 Å². The number of hydrogen-bond donors (Lipinski definition) is 3. The van der Waals surface area contributed by atoms with E-state index in [4.69, 9.17) is 0 Å². The molecule has 32 heavy (non-hydrogen) atoms. The van der Waals surface area contributed by atoms with Crippen LogP contribution in [0.25, 0.3) is 0 Å². The summed E-state index contributed by atoms with van der Waals surface area (Å²) in [6.07, 6.45) is 12.1. The number of rotatable bonds is 4. The molecule has 5 nitrogen and oxygen atoms in total. The quantitative estimate of drug-likeness (QED) is 0.617. The van der Waals surface area contributed by atoms with Crippen LogP contribution >= 0.6 is 0 Å². The van der Waals surface area contributed by atoms with E-state index in [2.05, 4.69) is 47.9 Å². The molecule has 3 N–H and O–H groups in total. The van der Waals surface area contributed by atoms with E-state index < -0.39 is 0 Å². The van der Waals surface area contributed by atoms with E-state index >= 15 is 0 Å². The molecule has 0 aromatic rings. The fourth-order valence-corrected chi connectivity index (χ4v) is 8.55. The van der Waals surface area contributed by atoms with Crippen molar-refractivity contribution in [3.05, 3.63) is 0 Å². The van der Waals surface area contributed by atoms with Crippen molar-refractivity contribution in [2.45, 2.75) is 96.7 Å². The lowest BCUT2D eigenvalue weighted by Crippen LogP contribution is -2.59. The minimum Gasteiger partial charge on any atom is -0.316 e. The minimum atomic E-state index is -0.170. The summed E-state index contributed by atoms with van der Waals surface area (Å²) in [4.78, 5) is 0. The minimum absolute atomic E-state index is 0.170. The summed E-state index contributed by atoms with van der Waals surface area (Å²) < 4.78 is 0. The molecular formula is C27H47N5. The van der Waals surface area contributed by atoms with Gasteiger partial charge in [-0.15, -0.1) is 0 Å². The van der Waals surface area contributed by atoms with E-state index in [0.29, 0.717) is 18.0 Å². The summed E-state index contributed by atoms with van der Waals surface area (Å²) in [5.74, 6) is 4.81. The Bertz CT molecular complexity index is 672. The summed E-state index contributed by atoms with van der Waals surface area (Å²) in [7, 11) is 0. The van der Waals surface area contributed by atoms with Crippen molar-refractivity contribution in [1.29, 1.82) is 5.26 Å². The molecule has 3 saturated heterocycles. The summed E-state index contributed by atoms with van der Waals surface area (Å²) in [6, 6.07) is 4.63. The van der Waals surface area contributed by atoms with Crippen LogP contribution in [-0.4, -0.2) is 49.3 Å². The average molecular weight is 442 g/mol. The maximum atomic E-state index is 9.63. The Kier molecular flexibility index (Phi) is 6.87. The molecule has 5 heteroatoms. The first kappa shape index (κ1) is 23.1. The van der Waals surface area contributed by atoms with Gasteiger partial charge in [0.1, 0.15) is 0 Å². The number of hydrazine groups is 1. The molecule has 0 aromatic carbocycles. The second kappa shape index (κ2) is 9.53. The van der Waals surface area contributed by atoms with Crippen molar-refractivity contribution < 1.29 is 0 Å². The molecule has 0 amide bonds. The Labute approximate surface area is 196 Å². The summed E-state index contributed by atoms with van der Waals surface area (Å²) in [6.45, 7) is 11.4. The summed E-state index contributed by atoms with van der Waals surface area (Å²) in [5, 5.41) is 19.9. The van der Waals surface area contributed by atoms with Gasteiger partial charge in [0, 0.05) is 31.2 Å². The average Bonchev–Trinajstić information content (AvgIpc) is 3.23. The Morgan fingerprint density at radius 2 is 1.75 bits per heavy atom. The van der Waals surface area contributed by atoms with Crippen LogP contribution < -0.4 is 16.1 Å². The zero-order valence-corrected chi connectivity index (χ0v) is 20.8. The van der Waals surface area contributed by atoms with Gasteiger partial charge in [-0.25, -0.2) is 5.01 Å². The Morgan fingerprint density at radius 3 is 2.44 bits per heavy atom. The lowest BCUT2D eigenvalue weighted by atomic mass is 9.60. The zero-order valence-electron chi connectivity index (χ0n) is 20.8. The van der Waals surface area contributed by atoms with Gasteiger partial charge in [-0.2, -0.15) is 5.26 Å². The second-order valence-electron chi connectivity index (χ2n) is 12.4. The van der Waals surface area contributed by atoms with Gasteiger partial charge in [0.15, 0.2) is 0 Å². The lowest BCUT2D eigenvalue weighted by Gasteiger charge is -2.50. The van der Waals surface area contributed by atoms with Crippen LogP contribution in [0.3, 0.4) is 0 Å². The number of nitriles is 1. The van der Waals surface area contributed by atoms with Gasteiger partial charge in [0.25, 0.3) is 0 Å². The fraction of sp³-hybridized carbons (Fsp3) is 0.963. The third-order valence-electron chi connectivity index (χ3n) is 10.5. The monoisotopic (exact) mass is 441 g/mol. The maximum absolute atomic E-state index is 9.63. The number of fused-ring (bicyclic) bond motifs is 3. The molecule has 5 rings (SSSR count). The molecule has 180 valence electrons. The second-order valence-corrected chi connectivity index (χ2v) is 12.4. The third kappa shape index (κ3) is 4.26. The molecule has 0 aromatic heterocycles. The maximum Gasteiger partial charge on any atom is 0.0686 e. The highest BCUT2D eigenvalue weighted by molar-refractivity contribution is 5.08. The topological polar surface area (TPSA) is 63.1 Å². The number of nitrogens with one attached hydrogen (secondary N) is 3. The first-order valence-electron chi connectivity index (χ1n) is 13.9. The van der Waals surface area contributed by atoms with Crippen LogP contribution in [0.1, 0.15) is 78.6 Å². The predicted molar refractivity (Wildman–Crippen MR) is 130 cm³/mol. The van der Waals surface area contributed by atoms with Crippen molar-refractivity contribution in [2.75, 3.05) is 26.2 Å². The van der Waals surface area contributed by atoms with Gasteiger partial charge < -0.3 is 10.6 Å². The van der Waals surface area contributed by atoms with Gasteiger partial charge >= 0.3 is 0 Å². The molecule has 3 aliphatic heterocycles.